The lowest BCUT2D eigenvalue weighted by Crippen LogP contribution is -2.17. The van der Waals surface area contributed by atoms with Crippen LogP contribution in [0.1, 0.15) is 28.4 Å². The highest BCUT2D eigenvalue weighted by molar-refractivity contribution is 7.92. The van der Waals surface area contributed by atoms with Gasteiger partial charge in [-0.3, -0.25) is 4.72 Å². The Bertz CT molecular complexity index is 875. The molecule has 0 aliphatic rings. The molecule has 0 heterocycles. The zero-order valence-electron chi connectivity index (χ0n) is 13.7. The molecular formula is C17H19NO5S. The Morgan fingerprint density at radius 1 is 1.12 bits per heavy atom. The maximum atomic E-state index is 12.7. The third-order valence-electron chi connectivity index (χ3n) is 3.68. The Morgan fingerprint density at radius 2 is 1.79 bits per heavy atom. The van der Waals surface area contributed by atoms with E-state index >= 15 is 0 Å². The van der Waals surface area contributed by atoms with Crippen molar-refractivity contribution < 1.29 is 23.1 Å². The molecule has 2 rings (SSSR count). The van der Waals surface area contributed by atoms with E-state index in [2.05, 4.69) is 4.72 Å². The summed E-state index contributed by atoms with van der Waals surface area (Å²) in [7, 11) is -3.92. The highest BCUT2D eigenvalue weighted by Gasteiger charge is 2.22. The molecule has 2 aromatic carbocycles. The van der Waals surface area contributed by atoms with Crippen molar-refractivity contribution >= 4 is 21.7 Å². The van der Waals surface area contributed by atoms with E-state index in [-0.39, 0.29) is 16.1 Å². The summed E-state index contributed by atoms with van der Waals surface area (Å²) in [4.78, 5) is 11.3. The molecule has 0 bridgehead atoms. The van der Waals surface area contributed by atoms with E-state index in [1.54, 1.807) is 26.0 Å². The summed E-state index contributed by atoms with van der Waals surface area (Å²) in [5, 5.41) is 9.18. The molecule has 0 amide bonds. The molecule has 2 aromatic rings. The van der Waals surface area contributed by atoms with Gasteiger partial charge in [-0.2, -0.15) is 0 Å². The molecule has 0 fully saturated rings. The van der Waals surface area contributed by atoms with Gasteiger partial charge in [0.1, 0.15) is 5.75 Å². The second-order valence-electron chi connectivity index (χ2n) is 5.20. The minimum atomic E-state index is -3.92. The van der Waals surface area contributed by atoms with E-state index in [4.69, 9.17) is 4.74 Å². The molecular weight excluding hydrogens is 330 g/mol. The van der Waals surface area contributed by atoms with Crippen LogP contribution < -0.4 is 9.46 Å². The van der Waals surface area contributed by atoms with Crippen molar-refractivity contribution in [1.29, 1.82) is 0 Å². The molecule has 0 aliphatic heterocycles. The van der Waals surface area contributed by atoms with Crippen molar-refractivity contribution in [3.8, 4) is 5.75 Å². The summed E-state index contributed by atoms with van der Waals surface area (Å²) in [6.45, 7) is 5.81. The molecule has 0 spiro atoms. The van der Waals surface area contributed by atoms with Gasteiger partial charge in [0.25, 0.3) is 10.0 Å². The van der Waals surface area contributed by atoms with Crippen molar-refractivity contribution in [1.82, 2.24) is 0 Å². The van der Waals surface area contributed by atoms with Crippen LogP contribution in [0.25, 0.3) is 0 Å². The second-order valence-corrected chi connectivity index (χ2v) is 6.85. The van der Waals surface area contributed by atoms with Crippen molar-refractivity contribution in [3.63, 3.8) is 0 Å². The molecule has 0 unspecified atom stereocenters. The average Bonchev–Trinajstić information content (AvgIpc) is 2.51. The quantitative estimate of drug-likeness (QED) is 0.835. The maximum absolute atomic E-state index is 12.7. The summed E-state index contributed by atoms with van der Waals surface area (Å²) >= 11 is 0. The number of hydrogen-bond donors (Lipinski definition) is 2. The summed E-state index contributed by atoms with van der Waals surface area (Å²) in [5.41, 5.74) is 1.20. The van der Waals surface area contributed by atoms with Crippen molar-refractivity contribution in [2.24, 2.45) is 0 Å². The van der Waals surface area contributed by atoms with Crippen LogP contribution in [0.3, 0.4) is 0 Å². The number of benzene rings is 2. The summed E-state index contributed by atoms with van der Waals surface area (Å²) in [5.74, 6) is -0.576. The molecule has 0 radical (unpaired) electrons. The van der Waals surface area contributed by atoms with Crippen LogP contribution in [0.2, 0.25) is 0 Å². The number of carboxylic acids is 1. The Kier molecular flexibility index (Phi) is 5.14. The third-order valence-corrected chi connectivity index (χ3v) is 5.19. The maximum Gasteiger partial charge on any atom is 0.337 e. The number of sulfonamides is 1. The summed E-state index contributed by atoms with van der Waals surface area (Å²) in [6.07, 6.45) is 0. The Balaban J connectivity index is 2.46. The predicted octanol–water partition coefficient (Wildman–Crippen LogP) is 3.20. The monoisotopic (exact) mass is 349 g/mol. The number of hydrogen-bond acceptors (Lipinski definition) is 4. The molecule has 2 N–H and O–H groups in total. The van der Waals surface area contributed by atoms with Gasteiger partial charge in [0.05, 0.1) is 22.8 Å². The largest absolute Gasteiger partial charge is 0.494 e. The van der Waals surface area contributed by atoms with Crippen LogP contribution in [-0.4, -0.2) is 26.1 Å². The lowest BCUT2D eigenvalue weighted by Gasteiger charge is -2.15. The minimum Gasteiger partial charge on any atom is -0.494 e. The van der Waals surface area contributed by atoms with E-state index in [0.29, 0.717) is 17.9 Å². The Hall–Kier alpha value is -2.54. The molecule has 0 saturated carbocycles. The van der Waals surface area contributed by atoms with Gasteiger partial charge in [-0.25, -0.2) is 13.2 Å². The fourth-order valence-corrected chi connectivity index (χ4v) is 3.71. The van der Waals surface area contributed by atoms with Crippen molar-refractivity contribution in [2.45, 2.75) is 25.7 Å². The van der Waals surface area contributed by atoms with Gasteiger partial charge in [-0.05, 0) is 56.2 Å². The van der Waals surface area contributed by atoms with Crippen molar-refractivity contribution in [2.75, 3.05) is 11.3 Å². The first-order valence-electron chi connectivity index (χ1n) is 7.36. The first-order chi connectivity index (χ1) is 11.3. The van der Waals surface area contributed by atoms with Crippen LogP contribution in [0, 0.1) is 13.8 Å². The SMILES string of the molecule is CCOc1ccc(S(=O)(=O)Nc2ccccc2C(=O)O)c(C)c1C. The van der Waals surface area contributed by atoms with Crippen LogP contribution in [0.5, 0.6) is 5.75 Å². The number of aromatic carboxylic acids is 1. The zero-order chi connectivity index (χ0) is 17.9. The highest BCUT2D eigenvalue weighted by atomic mass is 32.2. The fourth-order valence-electron chi connectivity index (χ4n) is 2.33. The number of ether oxygens (including phenoxy) is 1. The highest BCUT2D eigenvalue weighted by Crippen LogP contribution is 2.29. The van der Waals surface area contributed by atoms with Gasteiger partial charge in [0.2, 0.25) is 0 Å². The molecule has 128 valence electrons. The summed E-state index contributed by atoms with van der Waals surface area (Å²) in [6, 6.07) is 8.92. The van der Waals surface area contributed by atoms with E-state index in [9.17, 15) is 18.3 Å². The van der Waals surface area contributed by atoms with Crippen LogP contribution in [0.4, 0.5) is 5.69 Å². The van der Waals surface area contributed by atoms with E-state index in [0.717, 1.165) is 5.56 Å². The minimum absolute atomic E-state index is 0.0240. The lowest BCUT2D eigenvalue weighted by atomic mass is 10.1. The molecule has 7 heteroatoms. The molecule has 6 nitrogen and oxygen atoms in total. The molecule has 0 atom stereocenters. The zero-order valence-corrected chi connectivity index (χ0v) is 14.5. The van der Waals surface area contributed by atoms with Gasteiger partial charge in [0.15, 0.2) is 0 Å². The summed E-state index contributed by atoms with van der Waals surface area (Å²) < 4.78 is 33.2. The van der Waals surface area contributed by atoms with Gasteiger partial charge in [-0.1, -0.05) is 12.1 Å². The standard InChI is InChI=1S/C17H19NO5S/c1-4-23-15-9-10-16(12(3)11(15)2)24(21,22)18-14-8-6-5-7-13(14)17(19)20/h5-10,18H,4H2,1-3H3,(H,19,20). The molecule has 0 saturated heterocycles. The fraction of sp³-hybridized carbons (Fsp3) is 0.235. The number of nitrogens with one attached hydrogen (secondary N) is 1. The second kappa shape index (κ2) is 6.92. The first kappa shape index (κ1) is 17.8. The van der Waals surface area contributed by atoms with Crippen LogP contribution >= 0.6 is 0 Å². The van der Waals surface area contributed by atoms with Crippen LogP contribution in [0.15, 0.2) is 41.3 Å². The van der Waals surface area contributed by atoms with Crippen LogP contribution in [-0.2, 0) is 10.0 Å². The smallest absolute Gasteiger partial charge is 0.337 e. The molecule has 0 aliphatic carbocycles. The van der Waals surface area contributed by atoms with Gasteiger partial charge in [-0.15, -0.1) is 0 Å². The van der Waals surface area contributed by atoms with Gasteiger partial charge in [0, 0.05) is 0 Å². The Morgan fingerprint density at radius 3 is 2.42 bits per heavy atom. The number of rotatable bonds is 6. The normalized spacial score (nSPS) is 11.1. The lowest BCUT2D eigenvalue weighted by molar-refractivity contribution is 0.0698. The number of carbonyl (C=O) groups is 1. The van der Waals surface area contributed by atoms with Crippen molar-refractivity contribution in [3.05, 3.63) is 53.1 Å². The van der Waals surface area contributed by atoms with E-state index in [1.165, 1.54) is 24.3 Å². The predicted molar refractivity (Wildman–Crippen MR) is 91.3 cm³/mol. The van der Waals surface area contributed by atoms with E-state index in [1.807, 2.05) is 6.92 Å². The van der Waals surface area contributed by atoms with Gasteiger partial charge >= 0.3 is 5.97 Å². The number of carboxylic acid groups (broad SMARTS) is 1. The third kappa shape index (κ3) is 3.51. The first-order valence-corrected chi connectivity index (χ1v) is 8.84. The van der Waals surface area contributed by atoms with E-state index < -0.39 is 16.0 Å². The molecule has 24 heavy (non-hydrogen) atoms. The Labute approximate surface area is 141 Å². The number of anilines is 1. The van der Waals surface area contributed by atoms with Gasteiger partial charge < -0.3 is 9.84 Å². The average molecular weight is 349 g/mol. The molecule has 0 aromatic heterocycles. The topological polar surface area (TPSA) is 92.7 Å². The number of para-hydroxylation sites is 1.